The van der Waals surface area contributed by atoms with Crippen LogP contribution in [0.1, 0.15) is 66.6 Å². The van der Waals surface area contributed by atoms with Crippen molar-refractivity contribution < 1.29 is 54.4 Å². The van der Waals surface area contributed by atoms with Gasteiger partial charge in [-0.15, -0.1) is 34.4 Å². The second-order valence-electron chi connectivity index (χ2n) is 10.9. The standard InChI is InChI=1S/C26H27F3N4O9S4/c1-24(2,3)41-23(36)33-15(11-45-25(33,4)5)20-30-13(9-44-20)17-12(19-31-14(10-43-19)21(34)39-6)8-16(18(32-17)22(35)40-7)42-46(37,38)26(27,28)29/h8-10,15H,11H2,1-7H3/t15-/m0/s1. The molecule has 4 heterocycles. The first-order valence-corrected chi connectivity index (χ1v) is 17.1. The first kappa shape index (κ1) is 35.4. The highest BCUT2D eigenvalue weighted by atomic mass is 32.2. The number of rotatable bonds is 7. The third-order valence-electron chi connectivity index (χ3n) is 6.10. The number of nitrogens with zero attached hydrogens (tertiary/aromatic N) is 4. The SMILES string of the molecule is COC(=O)c1csc(-c2cc(OS(=O)(=O)C(F)(F)F)c(C(=O)OC)nc2-c2csc([C@@H]3CSC(C)(C)N3C(=O)OC(C)(C)C)n2)n1. The molecule has 0 saturated carbocycles. The first-order chi connectivity index (χ1) is 21.2. The van der Waals surface area contributed by atoms with E-state index in [4.69, 9.17) is 4.74 Å². The molecule has 250 valence electrons. The smallest absolute Gasteiger partial charge is 0.464 e. The molecule has 0 spiro atoms. The molecule has 4 rings (SSSR count). The number of amides is 1. The van der Waals surface area contributed by atoms with E-state index in [1.807, 2.05) is 13.8 Å². The highest BCUT2D eigenvalue weighted by Crippen LogP contribution is 2.48. The number of hydrogen-bond donors (Lipinski definition) is 0. The minimum atomic E-state index is -6.25. The summed E-state index contributed by atoms with van der Waals surface area (Å²) in [5.41, 5.74) is -7.83. The number of ether oxygens (including phenoxy) is 3. The highest BCUT2D eigenvalue weighted by molar-refractivity contribution is 8.00. The van der Waals surface area contributed by atoms with Gasteiger partial charge in [-0.1, -0.05) is 0 Å². The van der Waals surface area contributed by atoms with Crippen molar-refractivity contribution in [1.82, 2.24) is 19.9 Å². The molecule has 1 atom stereocenters. The van der Waals surface area contributed by atoms with Gasteiger partial charge >= 0.3 is 33.7 Å². The second kappa shape index (κ2) is 12.6. The number of hydrogen-bond acceptors (Lipinski definition) is 15. The second-order valence-corrected chi connectivity index (χ2v) is 15.8. The summed E-state index contributed by atoms with van der Waals surface area (Å²) in [5.74, 6) is -2.78. The van der Waals surface area contributed by atoms with Crippen molar-refractivity contribution in [3.63, 3.8) is 0 Å². The fraction of sp³-hybridized carbons (Fsp3) is 0.462. The molecule has 3 aromatic heterocycles. The number of thioether (sulfide) groups is 1. The number of esters is 2. The van der Waals surface area contributed by atoms with Crippen LogP contribution in [0, 0.1) is 0 Å². The van der Waals surface area contributed by atoms with Gasteiger partial charge in [0, 0.05) is 22.1 Å². The Balaban J connectivity index is 1.90. The van der Waals surface area contributed by atoms with E-state index in [1.54, 1.807) is 25.7 Å². The molecule has 0 aliphatic carbocycles. The molecule has 1 aliphatic rings. The Labute approximate surface area is 273 Å². The van der Waals surface area contributed by atoms with Gasteiger partial charge in [0.1, 0.15) is 27.0 Å². The van der Waals surface area contributed by atoms with Gasteiger partial charge in [0.15, 0.2) is 17.1 Å². The van der Waals surface area contributed by atoms with Crippen LogP contribution in [0.5, 0.6) is 5.75 Å². The van der Waals surface area contributed by atoms with E-state index < -0.39 is 61.6 Å². The van der Waals surface area contributed by atoms with Crippen LogP contribution < -0.4 is 4.18 Å². The van der Waals surface area contributed by atoms with Gasteiger partial charge in [0.05, 0.1) is 25.1 Å². The fourth-order valence-electron chi connectivity index (χ4n) is 4.11. The lowest BCUT2D eigenvalue weighted by molar-refractivity contribution is -0.0500. The summed E-state index contributed by atoms with van der Waals surface area (Å²) < 4.78 is 82.9. The van der Waals surface area contributed by atoms with E-state index in [0.717, 1.165) is 43.0 Å². The number of carbonyl (C=O) groups excluding carboxylic acids is 3. The first-order valence-electron chi connectivity index (χ1n) is 13.0. The maximum atomic E-state index is 13.3. The Bertz CT molecular complexity index is 1780. The van der Waals surface area contributed by atoms with Gasteiger partial charge < -0.3 is 18.4 Å². The summed E-state index contributed by atoms with van der Waals surface area (Å²) in [7, 11) is -4.22. The minimum Gasteiger partial charge on any atom is -0.464 e. The summed E-state index contributed by atoms with van der Waals surface area (Å²) in [6, 6.07) is 0.264. The van der Waals surface area contributed by atoms with Crippen LogP contribution in [0.15, 0.2) is 16.8 Å². The molecule has 0 N–H and O–H groups in total. The Morgan fingerprint density at radius 1 is 1.00 bits per heavy atom. The Kier molecular flexibility index (Phi) is 9.69. The predicted octanol–water partition coefficient (Wildman–Crippen LogP) is 5.89. The molecule has 0 radical (unpaired) electrons. The minimum absolute atomic E-state index is 0.0175. The van der Waals surface area contributed by atoms with Gasteiger partial charge in [-0.2, -0.15) is 21.6 Å². The Morgan fingerprint density at radius 3 is 2.24 bits per heavy atom. The van der Waals surface area contributed by atoms with E-state index in [9.17, 15) is 36.0 Å². The third-order valence-corrected chi connectivity index (χ3v) is 10.3. The molecule has 1 aliphatic heterocycles. The van der Waals surface area contributed by atoms with Gasteiger partial charge in [-0.3, -0.25) is 4.90 Å². The summed E-state index contributed by atoms with van der Waals surface area (Å²) in [5, 5.41) is 3.26. The zero-order chi connectivity index (χ0) is 34.4. The molecule has 0 unspecified atom stereocenters. The van der Waals surface area contributed by atoms with E-state index in [2.05, 4.69) is 28.6 Å². The molecule has 1 saturated heterocycles. The van der Waals surface area contributed by atoms with Crippen LogP contribution in [0.4, 0.5) is 18.0 Å². The molecule has 0 aromatic carbocycles. The normalized spacial score (nSPS) is 16.7. The zero-order valence-corrected chi connectivity index (χ0v) is 28.5. The molecule has 46 heavy (non-hydrogen) atoms. The molecular formula is C26H27F3N4O9S4. The topological polar surface area (TPSA) is 164 Å². The van der Waals surface area contributed by atoms with Crippen molar-refractivity contribution in [2.75, 3.05) is 20.0 Å². The van der Waals surface area contributed by atoms with E-state index in [-0.39, 0.29) is 27.7 Å². The average molecular weight is 725 g/mol. The van der Waals surface area contributed by atoms with Crippen LogP contribution in [-0.4, -0.2) is 82.3 Å². The van der Waals surface area contributed by atoms with Crippen molar-refractivity contribution in [1.29, 1.82) is 0 Å². The van der Waals surface area contributed by atoms with Crippen LogP contribution in [0.2, 0.25) is 0 Å². The van der Waals surface area contributed by atoms with Gasteiger partial charge in [0.25, 0.3) is 0 Å². The molecule has 1 amide bonds. The summed E-state index contributed by atoms with van der Waals surface area (Å²) in [6.45, 7) is 8.92. The molecule has 13 nitrogen and oxygen atoms in total. The summed E-state index contributed by atoms with van der Waals surface area (Å²) >= 11 is 3.49. The Morgan fingerprint density at radius 2 is 1.65 bits per heavy atom. The Hall–Kier alpha value is -3.49. The lowest BCUT2D eigenvalue weighted by Crippen LogP contribution is -2.45. The van der Waals surface area contributed by atoms with E-state index in [1.165, 1.54) is 22.5 Å². The summed E-state index contributed by atoms with van der Waals surface area (Å²) in [6.07, 6.45) is -0.568. The molecule has 20 heteroatoms. The van der Waals surface area contributed by atoms with Crippen LogP contribution in [0.25, 0.3) is 22.0 Å². The number of thiazole rings is 2. The molecular weight excluding hydrogens is 698 g/mol. The van der Waals surface area contributed by atoms with Gasteiger partial charge in [-0.05, 0) is 40.7 Å². The fourth-order valence-corrected chi connectivity index (χ4v) is 7.59. The van der Waals surface area contributed by atoms with Gasteiger partial charge in [0.2, 0.25) is 0 Å². The van der Waals surface area contributed by atoms with Crippen molar-refractivity contribution in [2.45, 2.75) is 56.6 Å². The largest absolute Gasteiger partial charge is 0.534 e. The van der Waals surface area contributed by atoms with Crippen molar-refractivity contribution in [3.8, 4) is 27.7 Å². The highest BCUT2D eigenvalue weighted by Gasteiger charge is 2.50. The number of halogens is 3. The number of pyridine rings is 1. The lowest BCUT2D eigenvalue weighted by atomic mass is 10.1. The molecule has 1 fully saturated rings. The number of alkyl halides is 3. The van der Waals surface area contributed by atoms with Crippen molar-refractivity contribution >= 4 is 62.6 Å². The van der Waals surface area contributed by atoms with Crippen LogP contribution in [-0.2, 0) is 24.3 Å². The lowest BCUT2D eigenvalue weighted by Gasteiger charge is -2.35. The number of methoxy groups -OCH3 is 2. The predicted molar refractivity (Wildman–Crippen MR) is 162 cm³/mol. The zero-order valence-electron chi connectivity index (χ0n) is 25.2. The monoisotopic (exact) mass is 724 g/mol. The van der Waals surface area contributed by atoms with Crippen LogP contribution in [0.3, 0.4) is 0 Å². The van der Waals surface area contributed by atoms with E-state index >= 15 is 0 Å². The van der Waals surface area contributed by atoms with E-state index in [0.29, 0.717) is 10.8 Å². The third kappa shape index (κ3) is 7.23. The maximum absolute atomic E-state index is 13.3. The average Bonchev–Trinajstić information content (AvgIpc) is 3.68. The maximum Gasteiger partial charge on any atom is 0.534 e. The molecule has 3 aromatic rings. The summed E-state index contributed by atoms with van der Waals surface area (Å²) in [4.78, 5) is 51.9. The number of carbonyl (C=O) groups is 3. The van der Waals surface area contributed by atoms with Crippen molar-refractivity contribution in [3.05, 3.63) is 33.2 Å². The van der Waals surface area contributed by atoms with Gasteiger partial charge in [-0.25, -0.2) is 29.3 Å². The number of aromatic nitrogens is 3. The van der Waals surface area contributed by atoms with Crippen LogP contribution >= 0.6 is 34.4 Å². The van der Waals surface area contributed by atoms with Crippen molar-refractivity contribution in [2.24, 2.45) is 0 Å². The molecule has 0 bridgehead atoms. The quantitative estimate of drug-likeness (QED) is 0.123.